The lowest BCUT2D eigenvalue weighted by Gasteiger charge is -2.21. The van der Waals surface area contributed by atoms with Gasteiger partial charge in [-0.2, -0.15) is 0 Å². The first-order valence-corrected chi connectivity index (χ1v) is 5.16. The minimum Gasteiger partial charge on any atom is -0.477 e. The van der Waals surface area contributed by atoms with Crippen LogP contribution in [0.4, 0.5) is 0 Å². The average Bonchev–Trinajstić information content (AvgIpc) is 2.51. The summed E-state index contributed by atoms with van der Waals surface area (Å²) in [7, 11) is 1.89. The maximum atomic E-state index is 5.53. The third kappa shape index (κ3) is 3.40. The van der Waals surface area contributed by atoms with Gasteiger partial charge in [0.2, 0.25) is 5.88 Å². The molecule has 0 aliphatic rings. The lowest BCUT2D eigenvalue weighted by molar-refractivity contribution is 0.216. The van der Waals surface area contributed by atoms with E-state index in [9.17, 15) is 0 Å². The third-order valence-corrected chi connectivity index (χ3v) is 2.68. The zero-order valence-corrected chi connectivity index (χ0v) is 9.58. The maximum absolute atomic E-state index is 5.53. The Morgan fingerprint density at radius 2 is 2.21 bits per heavy atom. The van der Waals surface area contributed by atoms with E-state index < -0.39 is 0 Å². The molecule has 14 heavy (non-hydrogen) atoms. The van der Waals surface area contributed by atoms with E-state index >= 15 is 0 Å². The van der Waals surface area contributed by atoms with Crippen LogP contribution in [-0.4, -0.2) is 16.4 Å². The van der Waals surface area contributed by atoms with Crippen molar-refractivity contribution in [3.8, 4) is 5.88 Å². The Labute approximate surface area is 86.1 Å². The van der Waals surface area contributed by atoms with Crippen molar-refractivity contribution in [2.75, 3.05) is 6.61 Å². The van der Waals surface area contributed by atoms with Crippen molar-refractivity contribution >= 4 is 0 Å². The van der Waals surface area contributed by atoms with Crippen LogP contribution in [0, 0.1) is 5.41 Å². The number of aromatic nitrogens is 2. The van der Waals surface area contributed by atoms with E-state index in [2.05, 4.69) is 25.9 Å². The minimum absolute atomic E-state index is 0.370. The number of ether oxygens (including phenoxy) is 1. The smallest absolute Gasteiger partial charge is 0.232 e. The van der Waals surface area contributed by atoms with Crippen molar-refractivity contribution in [1.82, 2.24) is 9.78 Å². The predicted octanol–water partition coefficient (Wildman–Crippen LogP) is 2.63. The summed E-state index contributed by atoms with van der Waals surface area (Å²) in [5, 5.41) is 4.15. The van der Waals surface area contributed by atoms with Crippen LogP contribution in [0.1, 0.15) is 33.6 Å². The summed E-state index contributed by atoms with van der Waals surface area (Å²) < 4.78 is 7.28. The quantitative estimate of drug-likeness (QED) is 0.724. The molecule has 0 fully saturated rings. The van der Waals surface area contributed by atoms with E-state index in [0.717, 1.165) is 18.9 Å². The molecule has 0 amide bonds. The largest absolute Gasteiger partial charge is 0.477 e. The summed E-state index contributed by atoms with van der Waals surface area (Å²) >= 11 is 0. The summed E-state index contributed by atoms with van der Waals surface area (Å²) in [6.45, 7) is 7.47. The van der Waals surface area contributed by atoms with E-state index in [-0.39, 0.29) is 0 Å². The van der Waals surface area contributed by atoms with E-state index in [0.29, 0.717) is 5.41 Å². The van der Waals surface area contributed by atoms with E-state index in [1.807, 2.05) is 19.3 Å². The summed E-state index contributed by atoms with van der Waals surface area (Å²) in [6, 6.07) is 1.89. The van der Waals surface area contributed by atoms with Crippen LogP contribution in [0.2, 0.25) is 0 Å². The van der Waals surface area contributed by atoms with Gasteiger partial charge < -0.3 is 4.74 Å². The fraction of sp³-hybridized carbons (Fsp3) is 0.727. The highest BCUT2D eigenvalue weighted by atomic mass is 16.5. The van der Waals surface area contributed by atoms with Crippen molar-refractivity contribution in [2.45, 2.75) is 33.6 Å². The molecule has 1 rings (SSSR count). The fourth-order valence-electron chi connectivity index (χ4n) is 1.08. The number of nitrogens with zero attached hydrogens (tertiary/aromatic N) is 2. The minimum atomic E-state index is 0.370. The Morgan fingerprint density at radius 1 is 1.50 bits per heavy atom. The van der Waals surface area contributed by atoms with Crippen molar-refractivity contribution in [2.24, 2.45) is 12.5 Å². The molecule has 3 heteroatoms. The van der Waals surface area contributed by atoms with Gasteiger partial charge in [-0.15, -0.1) is 5.10 Å². The highest BCUT2D eigenvalue weighted by Gasteiger charge is 2.14. The maximum Gasteiger partial charge on any atom is 0.232 e. The summed E-state index contributed by atoms with van der Waals surface area (Å²) in [6.07, 6.45) is 4.14. The molecule has 3 nitrogen and oxygen atoms in total. The van der Waals surface area contributed by atoms with E-state index in [1.54, 1.807) is 4.68 Å². The van der Waals surface area contributed by atoms with Crippen LogP contribution in [-0.2, 0) is 7.05 Å². The zero-order valence-electron chi connectivity index (χ0n) is 9.58. The second-order valence-corrected chi connectivity index (χ2v) is 4.44. The molecule has 0 bridgehead atoms. The lowest BCUT2D eigenvalue weighted by atomic mass is 9.87. The van der Waals surface area contributed by atoms with Gasteiger partial charge in [-0.25, -0.2) is 0 Å². The number of rotatable bonds is 5. The molecule has 0 aliphatic carbocycles. The molecule has 80 valence electrons. The van der Waals surface area contributed by atoms with Gasteiger partial charge >= 0.3 is 0 Å². The summed E-state index contributed by atoms with van der Waals surface area (Å²) in [5.41, 5.74) is 0.370. The second kappa shape index (κ2) is 4.49. The van der Waals surface area contributed by atoms with Crippen molar-refractivity contribution in [3.63, 3.8) is 0 Å². The summed E-state index contributed by atoms with van der Waals surface area (Å²) in [5.74, 6) is 0.722. The SMILES string of the molecule is CCC(C)(C)CCOc1ccn(C)n1. The normalized spacial score (nSPS) is 11.7. The Hall–Kier alpha value is -0.990. The first kappa shape index (κ1) is 11.1. The molecule has 0 aliphatic heterocycles. The van der Waals surface area contributed by atoms with Gasteiger partial charge in [0.15, 0.2) is 0 Å². The standard InChI is InChI=1S/C11H20N2O/c1-5-11(2,3)7-9-14-10-6-8-13(4)12-10/h6,8H,5,7,9H2,1-4H3. The van der Waals surface area contributed by atoms with Gasteiger partial charge in [-0.05, 0) is 11.8 Å². The van der Waals surface area contributed by atoms with Crippen LogP contribution in [0.5, 0.6) is 5.88 Å². The fourth-order valence-corrected chi connectivity index (χ4v) is 1.08. The number of hydrogen-bond donors (Lipinski definition) is 0. The molecule has 0 N–H and O–H groups in total. The Kier molecular flexibility index (Phi) is 3.55. The second-order valence-electron chi connectivity index (χ2n) is 4.44. The van der Waals surface area contributed by atoms with E-state index in [4.69, 9.17) is 4.74 Å². The molecule has 1 aromatic rings. The highest BCUT2D eigenvalue weighted by molar-refractivity contribution is 5.05. The molecule has 0 radical (unpaired) electrons. The van der Waals surface area contributed by atoms with Gasteiger partial charge in [0, 0.05) is 19.3 Å². The van der Waals surface area contributed by atoms with E-state index in [1.165, 1.54) is 6.42 Å². The van der Waals surface area contributed by atoms with Crippen LogP contribution in [0.3, 0.4) is 0 Å². The van der Waals surface area contributed by atoms with Crippen molar-refractivity contribution in [1.29, 1.82) is 0 Å². The molecule has 0 unspecified atom stereocenters. The summed E-state index contributed by atoms with van der Waals surface area (Å²) in [4.78, 5) is 0. The predicted molar refractivity (Wildman–Crippen MR) is 57.4 cm³/mol. The topological polar surface area (TPSA) is 27.1 Å². The molecule has 0 aromatic carbocycles. The average molecular weight is 196 g/mol. The first-order chi connectivity index (χ1) is 6.53. The van der Waals surface area contributed by atoms with Crippen LogP contribution in [0.15, 0.2) is 12.3 Å². The third-order valence-electron chi connectivity index (χ3n) is 2.68. The van der Waals surface area contributed by atoms with Crippen molar-refractivity contribution in [3.05, 3.63) is 12.3 Å². The molecule has 0 saturated heterocycles. The molecular formula is C11H20N2O. The van der Waals surface area contributed by atoms with Crippen LogP contribution < -0.4 is 4.74 Å². The van der Waals surface area contributed by atoms with Gasteiger partial charge in [-0.1, -0.05) is 27.2 Å². The lowest BCUT2D eigenvalue weighted by Crippen LogP contribution is -2.14. The molecule has 0 saturated carbocycles. The Bertz CT molecular complexity index is 279. The van der Waals surface area contributed by atoms with Crippen LogP contribution in [0.25, 0.3) is 0 Å². The van der Waals surface area contributed by atoms with Gasteiger partial charge in [0.1, 0.15) is 0 Å². The molecule has 0 spiro atoms. The van der Waals surface area contributed by atoms with Gasteiger partial charge in [-0.3, -0.25) is 4.68 Å². The zero-order chi connectivity index (χ0) is 10.6. The Morgan fingerprint density at radius 3 is 2.71 bits per heavy atom. The molecule has 1 heterocycles. The van der Waals surface area contributed by atoms with Crippen LogP contribution >= 0.6 is 0 Å². The molecular weight excluding hydrogens is 176 g/mol. The monoisotopic (exact) mass is 196 g/mol. The highest BCUT2D eigenvalue weighted by Crippen LogP contribution is 2.24. The van der Waals surface area contributed by atoms with Gasteiger partial charge in [0.25, 0.3) is 0 Å². The number of hydrogen-bond acceptors (Lipinski definition) is 2. The van der Waals surface area contributed by atoms with Gasteiger partial charge in [0.05, 0.1) is 6.61 Å². The molecule has 0 atom stereocenters. The number of aryl methyl sites for hydroxylation is 1. The molecule has 1 aromatic heterocycles. The van der Waals surface area contributed by atoms with Crippen molar-refractivity contribution < 1.29 is 4.74 Å². The first-order valence-electron chi connectivity index (χ1n) is 5.16. The Balaban J connectivity index is 2.28.